The SMILES string of the molecule is C[C-]1[C@H](C(C)C)O[C@H](CO)[C@@H]1O.[Y]. The van der Waals surface area contributed by atoms with Crippen molar-refractivity contribution in [2.75, 3.05) is 6.61 Å². The second-order valence-corrected chi connectivity index (χ2v) is 3.71. The van der Waals surface area contributed by atoms with Gasteiger partial charge in [-0.05, 0) is 12.0 Å². The van der Waals surface area contributed by atoms with Crippen molar-refractivity contribution in [2.24, 2.45) is 5.92 Å². The molecule has 1 saturated heterocycles. The molecule has 1 aliphatic heterocycles. The van der Waals surface area contributed by atoms with E-state index in [1.54, 1.807) is 0 Å². The van der Waals surface area contributed by atoms with Gasteiger partial charge in [-0.3, -0.25) is 5.92 Å². The van der Waals surface area contributed by atoms with E-state index in [-0.39, 0.29) is 45.4 Å². The molecule has 0 aliphatic carbocycles. The summed E-state index contributed by atoms with van der Waals surface area (Å²) in [7, 11) is 0. The molecule has 1 fully saturated rings. The van der Waals surface area contributed by atoms with Crippen molar-refractivity contribution >= 4 is 0 Å². The van der Waals surface area contributed by atoms with Crippen molar-refractivity contribution in [3.05, 3.63) is 5.92 Å². The third-order valence-corrected chi connectivity index (χ3v) is 2.37. The fraction of sp³-hybridized carbons (Fsp3) is 0.889. The average Bonchev–Trinajstić information content (AvgIpc) is 2.30. The Kier molecular flexibility index (Phi) is 6.20. The molecule has 0 bridgehead atoms. The Morgan fingerprint density at radius 2 is 2.00 bits per heavy atom. The third-order valence-electron chi connectivity index (χ3n) is 2.37. The number of hydrogen-bond donors (Lipinski definition) is 2. The molecule has 1 aliphatic rings. The fourth-order valence-corrected chi connectivity index (χ4v) is 1.66. The summed E-state index contributed by atoms with van der Waals surface area (Å²) in [6.45, 7) is 5.86. The minimum atomic E-state index is -0.595. The van der Waals surface area contributed by atoms with Crippen molar-refractivity contribution in [3.8, 4) is 0 Å². The van der Waals surface area contributed by atoms with Crippen LogP contribution >= 0.6 is 0 Å². The zero-order chi connectivity index (χ0) is 9.30. The Hall–Kier alpha value is 0.984. The number of aliphatic hydroxyl groups is 2. The second-order valence-electron chi connectivity index (χ2n) is 3.71. The number of aliphatic hydroxyl groups excluding tert-OH is 2. The van der Waals surface area contributed by atoms with Gasteiger partial charge in [0.2, 0.25) is 0 Å². The van der Waals surface area contributed by atoms with Crippen LogP contribution in [0, 0.1) is 11.8 Å². The van der Waals surface area contributed by atoms with E-state index in [0.717, 1.165) is 5.92 Å². The van der Waals surface area contributed by atoms with Gasteiger partial charge in [-0.2, -0.15) is 6.92 Å². The summed E-state index contributed by atoms with van der Waals surface area (Å²) in [6, 6.07) is 0. The van der Waals surface area contributed by atoms with E-state index < -0.39 is 12.2 Å². The molecule has 3 nitrogen and oxygen atoms in total. The summed E-state index contributed by atoms with van der Waals surface area (Å²) in [4.78, 5) is 0. The average molecular weight is 262 g/mol. The summed E-state index contributed by atoms with van der Waals surface area (Å²) in [5.74, 6) is 1.29. The standard InChI is InChI=1S/C9H17O3.Y/c1-5(2)9-6(3)8(11)7(4-10)12-9;/h5,7-11H,4H2,1-3H3;/q-1;/t7-,8-,9+;/m1./s1. The molecule has 1 heterocycles. The molecule has 0 aromatic rings. The predicted octanol–water partition coefficient (Wildman–Crippen LogP) is 0.355. The molecule has 4 heteroatoms. The molecule has 2 N–H and O–H groups in total. The van der Waals surface area contributed by atoms with Crippen molar-refractivity contribution in [2.45, 2.75) is 39.1 Å². The first-order valence-corrected chi connectivity index (χ1v) is 4.35. The van der Waals surface area contributed by atoms with Gasteiger partial charge in [-0.25, -0.2) is 0 Å². The van der Waals surface area contributed by atoms with Crippen molar-refractivity contribution in [1.82, 2.24) is 0 Å². The van der Waals surface area contributed by atoms with Crippen LogP contribution < -0.4 is 0 Å². The van der Waals surface area contributed by atoms with Crippen LogP contribution in [-0.4, -0.2) is 35.1 Å². The molecule has 0 unspecified atom stereocenters. The van der Waals surface area contributed by atoms with Gasteiger partial charge >= 0.3 is 0 Å². The maximum Gasteiger partial charge on any atom is 0.0756 e. The van der Waals surface area contributed by atoms with E-state index in [2.05, 4.69) is 0 Å². The van der Waals surface area contributed by atoms with Gasteiger partial charge in [0.25, 0.3) is 0 Å². The van der Waals surface area contributed by atoms with E-state index in [1.165, 1.54) is 0 Å². The molecule has 0 amide bonds. The van der Waals surface area contributed by atoms with Crippen LogP contribution in [0.1, 0.15) is 20.8 Å². The van der Waals surface area contributed by atoms with Gasteiger partial charge in [-0.15, -0.1) is 0 Å². The van der Waals surface area contributed by atoms with E-state index >= 15 is 0 Å². The third kappa shape index (κ3) is 2.97. The summed E-state index contributed by atoms with van der Waals surface area (Å²) in [5.41, 5.74) is 0. The Morgan fingerprint density at radius 1 is 1.46 bits per heavy atom. The Balaban J connectivity index is 0.00000144. The molecule has 3 atom stereocenters. The molecular weight excluding hydrogens is 245 g/mol. The van der Waals surface area contributed by atoms with E-state index in [0.29, 0.717) is 5.92 Å². The zero-order valence-electron chi connectivity index (χ0n) is 8.40. The quantitative estimate of drug-likeness (QED) is 0.706. The van der Waals surface area contributed by atoms with Crippen LogP contribution in [0.25, 0.3) is 0 Å². The molecule has 0 saturated carbocycles. The van der Waals surface area contributed by atoms with Crippen LogP contribution in [0.4, 0.5) is 0 Å². The van der Waals surface area contributed by atoms with Gasteiger partial charge in [0.15, 0.2) is 0 Å². The maximum absolute atomic E-state index is 9.55. The second kappa shape index (κ2) is 5.77. The first kappa shape index (κ1) is 14.0. The zero-order valence-corrected chi connectivity index (χ0v) is 11.2. The minimum Gasteiger partial charge on any atom is -0.422 e. The molecule has 0 aromatic heterocycles. The monoisotopic (exact) mass is 262 g/mol. The first-order valence-electron chi connectivity index (χ1n) is 4.35. The minimum absolute atomic E-state index is 0. The molecule has 1 rings (SSSR count). The van der Waals surface area contributed by atoms with Crippen LogP contribution in [0.2, 0.25) is 0 Å². The Bertz CT molecular complexity index is 152. The van der Waals surface area contributed by atoms with Crippen LogP contribution in [0.5, 0.6) is 0 Å². The first-order chi connectivity index (χ1) is 5.57. The number of ether oxygens (including phenoxy) is 1. The molecule has 1 radical (unpaired) electrons. The van der Waals surface area contributed by atoms with E-state index in [9.17, 15) is 5.11 Å². The van der Waals surface area contributed by atoms with Crippen molar-refractivity contribution < 1.29 is 47.7 Å². The van der Waals surface area contributed by atoms with Gasteiger partial charge in [0.05, 0.1) is 12.7 Å². The van der Waals surface area contributed by atoms with Gasteiger partial charge in [0.1, 0.15) is 0 Å². The molecule has 75 valence electrons. The smallest absolute Gasteiger partial charge is 0.0756 e. The summed E-state index contributed by atoms with van der Waals surface area (Å²) < 4.78 is 5.46. The van der Waals surface area contributed by atoms with Gasteiger partial charge in [0, 0.05) is 32.7 Å². The maximum atomic E-state index is 9.55. The summed E-state index contributed by atoms with van der Waals surface area (Å²) in [5, 5.41) is 18.4. The predicted molar refractivity (Wildman–Crippen MR) is 45.5 cm³/mol. The molecule has 13 heavy (non-hydrogen) atoms. The van der Waals surface area contributed by atoms with E-state index in [4.69, 9.17) is 9.84 Å². The summed E-state index contributed by atoms with van der Waals surface area (Å²) >= 11 is 0. The van der Waals surface area contributed by atoms with Crippen LogP contribution in [0.3, 0.4) is 0 Å². The van der Waals surface area contributed by atoms with Crippen LogP contribution in [0.15, 0.2) is 0 Å². The van der Waals surface area contributed by atoms with Crippen molar-refractivity contribution in [3.63, 3.8) is 0 Å². The molecular formula is C9H17O3Y-. The Labute approximate surface area is 105 Å². The van der Waals surface area contributed by atoms with Crippen LogP contribution in [-0.2, 0) is 37.4 Å². The topological polar surface area (TPSA) is 49.7 Å². The molecule has 0 aromatic carbocycles. The van der Waals surface area contributed by atoms with Crippen molar-refractivity contribution in [1.29, 1.82) is 0 Å². The fourth-order valence-electron chi connectivity index (χ4n) is 1.66. The van der Waals surface area contributed by atoms with Gasteiger partial charge < -0.3 is 14.9 Å². The Morgan fingerprint density at radius 3 is 2.23 bits per heavy atom. The molecule has 0 spiro atoms. The number of rotatable bonds is 2. The van der Waals surface area contributed by atoms with Gasteiger partial charge in [-0.1, -0.05) is 20.0 Å². The largest absolute Gasteiger partial charge is 0.422 e. The summed E-state index contributed by atoms with van der Waals surface area (Å²) in [6.07, 6.45) is -1.02. The normalized spacial score (nSPS) is 35.1. The van der Waals surface area contributed by atoms with E-state index in [1.807, 2.05) is 20.8 Å². The number of hydrogen-bond acceptors (Lipinski definition) is 3.